The van der Waals surface area contributed by atoms with Crippen LogP contribution in [0.4, 0.5) is 0 Å². The van der Waals surface area contributed by atoms with Gasteiger partial charge in [-0.1, -0.05) is 0 Å². The third-order valence-corrected chi connectivity index (χ3v) is 5.13. The molecule has 3 amide bonds. The molecule has 3 aliphatic heterocycles. The second-order valence-electron chi connectivity index (χ2n) is 6.36. The van der Waals surface area contributed by atoms with Gasteiger partial charge in [0.1, 0.15) is 0 Å². The number of furan rings is 1. The van der Waals surface area contributed by atoms with Gasteiger partial charge in [-0.05, 0) is 37.8 Å². The van der Waals surface area contributed by atoms with E-state index >= 15 is 0 Å². The molecule has 3 fully saturated rings. The third kappa shape index (κ3) is 1.97. The number of hydrogen-bond donors (Lipinski definition) is 0. The number of carbonyl (C=O) groups excluding carboxylic acids is 3. The quantitative estimate of drug-likeness (QED) is 0.777. The highest BCUT2D eigenvalue weighted by atomic mass is 16.3. The lowest BCUT2D eigenvalue weighted by molar-refractivity contribution is -0.142. The summed E-state index contributed by atoms with van der Waals surface area (Å²) in [6, 6.07) is 3.55. The second-order valence-corrected chi connectivity index (χ2v) is 6.36. The fraction of sp³-hybridized carbons (Fsp3) is 0.562. The molecule has 0 spiro atoms. The van der Waals surface area contributed by atoms with E-state index in [1.165, 1.54) is 11.2 Å². The van der Waals surface area contributed by atoms with Crippen LogP contribution in [-0.4, -0.2) is 45.6 Å². The second kappa shape index (κ2) is 4.97. The first-order chi connectivity index (χ1) is 10.6. The number of nitrogens with zero attached hydrogens (tertiary/aromatic N) is 2. The van der Waals surface area contributed by atoms with Crippen molar-refractivity contribution in [1.82, 2.24) is 9.80 Å². The number of amides is 3. The van der Waals surface area contributed by atoms with Gasteiger partial charge in [0.2, 0.25) is 11.8 Å². The Balaban J connectivity index is 1.53. The van der Waals surface area contributed by atoms with Crippen molar-refractivity contribution >= 4 is 17.7 Å². The summed E-state index contributed by atoms with van der Waals surface area (Å²) < 4.78 is 5.22. The summed E-state index contributed by atoms with van der Waals surface area (Å²) in [6.07, 6.45) is 5.43. The van der Waals surface area contributed by atoms with E-state index in [0.717, 1.165) is 12.8 Å². The van der Waals surface area contributed by atoms with E-state index in [-0.39, 0.29) is 35.8 Å². The van der Waals surface area contributed by atoms with Gasteiger partial charge < -0.3 is 9.32 Å². The van der Waals surface area contributed by atoms with Gasteiger partial charge in [0.25, 0.3) is 5.91 Å². The minimum atomic E-state index is -0.0741. The molecule has 0 saturated carbocycles. The fourth-order valence-electron chi connectivity index (χ4n) is 4.22. The Bertz CT molecular complexity index is 594. The summed E-state index contributed by atoms with van der Waals surface area (Å²) in [5, 5.41) is 0. The molecule has 0 N–H and O–H groups in total. The molecule has 4 rings (SSSR count). The number of fused-ring (bicyclic) bond motifs is 2. The zero-order valence-corrected chi connectivity index (χ0v) is 12.2. The Labute approximate surface area is 128 Å². The number of likely N-dealkylation sites (tertiary alicyclic amines) is 1. The molecular formula is C16H18N2O4. The van der Waals surface area contributed by atoms with Crippen LogP contribution < -0.4 is 0 Å². The highest BCUT2D eigenvalue weighted by Gasteiger charge is 2.48. The largest absolute Gasteiger partial charge is 0.459 e. The number of hydrogen-bond acceptors (Lipinski definition) is 4. The molecule has 6 heteroatoms. The molecule has 0 radical (unpaired) electrons. The van der Waals surface area contributed by atoms with Gasteiger partial charge in [0.05, 0.1) is 6.26 Å². The van der Waals surface area contributed by atoms with Gasteiger partial charge >= 0.3 is 0 Å². The predicted molar refractivity (Wildman–Crippen MR) is 75.8 cm³/mol. The summed E-state index contributed by atoms with van der Waals surface area (Å²) in [4.78, 5) is 39.8. The lowest BCUT2D eigenvalue weighted by atomic mass is 9.95. The smallest absolute Gasteiger partial charge is 0.290 e. The molecule has 2 unspecified atom stereocenters. The first kappa shape index (κ1) is 13.5. The van der Waals surface area contributed by atoms with E-state index in [2.05, 4.69) is 0 Å². The van der Waals surface area contributed by atoms with Crippen molar-refractivity contribution in [2.75, 3.05) is 0 Å². The van der Waals surface area contributed by atoms with Crippen LogP contribution in [0.15, 0.2) is 22.8 Å². The molecule has 0 aliphatic carbocycles. The van der Waals surface area contributed by atoms with E-state index in [1.807, 2.05) is 4.90 Å². The molecule has 116 valence electrons. The van der Waals surface area contributed by atoms with Crippen LogP contribution in [0.1, 0.15) is 49.1 Å². The highest BCUT2D eigenvalue weighted by Crippen LogP contribution is 2.39. The van der Waals surface area contributed by atoms with Crippen molar-refractivity contribution in [2.45, 2.75) is 56.7 Å². The topological polar surface area (TPSA) is 70.8 Å². The normalized spacial score (nSPS) is 31.2. The molecule has 3 aliphatic rings. The molecule has 1 aromatic rings. The molecular weight excluding hydrogens is 284 g/mol. The zero-order chi connectivity index (χ0) is 15.3. The molecule has 0 aromatic carbocycles. The number of carbonyl (C=O) groups is 3. The molecule has 1 aromatic heterocycles. The van der Waals surface area contributed by atoms with Crippen LogP contribution in [0.5, 0.6) is 0 Å². The van der Waals surface area contributed by atoms with Gasteiger partial charge in [-0.2, -0.15) is 0 Å². The summed E-state index contributed by atoms with van der Waals surface area (Å²) in [5.74, 6) is 0.180. The lowest BCUT2D eigenvalue weighted by Gasteiger charge is -2.41. The van der Waals surface area contributed by atoms with Gasteiger partial charge in [0.15, 0.2) is 5.76 Å². The van der Waals surface area contributed by atoms with E-state index < -0.39 is 0 Å². The SMILES string of the molecule is O=C1CCC(=O)N1C1CC2CCC(C1)N2C(=O)c1ccco1. The number of piperidine rings is 1. The Morgan fingerprint density at radius 3 is 2.23 bits per heavy atom. The minimum Gasteiger partial charge on any atom is -0.459 e. The maximum atomic E-state index is 12.6. The van der Waals surface area contributed by atoms with Crippen LogP contribution in [0.2, 0.25) is 0 Å². The molecule has 4 heterocycles. The average molecular weight is 302 g/mol. The summed E-state index contributed by atoms with van der Waals surface area (Å²) in [7, 11) is 0. The van der Waals surface area contributed by atoms with Crippen molar-refractivity contribution in [3.63, 3.8) is 0 Å². The van der Waals surface area contributed by atoms with Crippen LogP contribution >= 0.6 is 0 Å². The lowest BCUT2D eigenvalue weighted by Crippen LogP contribution is -2.53. The van der Waals surface area contributed by atoms with Crippen LogP contribution in [0, 0.1) is 0 Å². The Hall–Kier alpha value is -2.11. The summed E-state index contributed by atoms with van der Waals surface area (Å²) >= 11 is 0. The van der Waals surface area contributed by atoms with Crippen molar-refractivity contribution < 1.29 is 18.8 Å². The van der Waals surface area contributed by atoms with Crippen LogP contribution in [0.3, 0.4) is 0 Å². The minimum absolute atomic E-state index is 0.0411. The Morgan fingerprint density at radius 1 is 1.05 bits per heavy atom. The summed E-state index contributed by atoms with van der Waals surface area (Å²) in [5.41, 5.74) is 0. The van der Waals surface area contributed by atoms with E-state index in [0.29, 0.717) is 31.4 Å². The van der Waals surface area contributed by atoms with Gasteiger partial charge in [0, 0.05) is 31.0 Å². The average Bonchev–Trinajstić information content (AvgIpc) is 3.19. The molecule has 3 saturated heterocycles. The van der Waals surface area contributed by atoms with Crippen molar-refractivity contribution in [2.24, 2.45) is 0 Å². The van der Waals surface area contributed by atoms with E-state index in [4.69, 9.17) is 4.42 Å². The molecule has 2 atom stereocenters. The third-order valence-electron chi connectivity index (χ3n) is 5.13. The monoisotopic (exact) mass is 302 g/mol. The number of imide groups is 1. The Kier molecular flexibility index (Phi) is 3.06. The highest BCUT2D eigenvalue weighted by molar-refractivity contribution is 6.02. The maximum absolute atomic E-state index is 12.6. The van der Waals surface area contributed by atoms with Gasteiger partial charge in [-0.25, -0.2) is 0 Å². The Morgan fingerprint density at radius 2 is 1.68 bits per heavy atom. The first-order valence-corrected chi connectivity index (χ1v) is 7.86. The maximum Gasteiger partial charge on any atom is 0.290 e. The van der Waals surface area contributed by atoms with Crippen molar-refractivity contribution in [3.05, 3.63) is 24.2 Å². The molecule has 2 bridgehead atoms. The fourth-order valence-corrected chi connectivity index (χ4v) is 4.22. The molecule has 6 nitrogen and oxygen atoms in total. The molecule has 22 heavy (non-hydrogen) atoms. The first-order valence-electron chi connectivity index (χ1n) is 7.86. The predicted octanol–water partition coefficient (Wildman–Crippen LogP) is 1.56. The number of rotatable bonds is 2. The summed E-state index contributed by atoms with van der Waals surface area (Å²) in [6.45, 7) is 0. The van der Waals surface area contributed by atoms with Crippen molar-refractivity contribution in [1.29, 1.82) is 0 Å². The zero-order valence-electron chi connectivity index (χ0n) is 12.2. The standard InChI is InChI=1S/C16H18N2O4/c19-14-5-6-15(20)18(14)12-8-10-3-4-11(9-12)17(10)16(21)13-2-1-7-22-13/h1-2,7,10-12H,3-6,8-9H2. The van der Waals surface area contributed by atoms with Crippen molar-refractivity contribution in [3.8, 4) is 0 Å². The van der Waals surface area contributed by atoms with E-state index in [9.17, 15) is 14.4 Å². The van der Waals surface area contributed by atoms with Crippen LogP contribution in [0.25, 0.3) is 0 Å². The van der Waals surface area contributed by atoms with E-state index in [1.54, 1.807) is 12.1 Å². The van der Waals surface area contributed by atoms with Gasteiger partial charge in [-0.3, -0.25) is 19.3 Å². The van der Waals surface area contributed by atoms with Gasteiger partial charge in [-0.15, -0.1) is 0 Å². The van der Waals surface area contributed by atoms with Crippen LogP contribution in [-0.2, 0) is 9.59 Å².